The Hall–Kier alpha value is -3.16. The quantitative estimate of drug-likeness (QED) is 0.323. The van der Waals surface area contributed by atoms with E-state index in [1.807, 2.05) is 36.4 Å². The van der Waals surface area contributed by atoms with E-state index < -0.39 is 5.97 Å². The van der Waals surface area contributed by atoms with Crippen LogP contribution < -0.4 is 4.57 Å². The average molecular weight is 364 g/mol. The van der Waals surface area contributed by atoms with Crippen molar-refractivity contribution in [3.63, 3.8) is 0 Å². The number of hydrogen-bond donors (Lipinski definition) is 2. The van der Waals surface area contributed by atoms with Gasteiger partial charge in [0, 0.05) is 11.9 Å². The zero-order valence-corrected chi connectivity index (χ0v) is 14.3. The number of aliphatic hydroxyl groups is 1. The summed E-state index contributed by atoms with van der Waals surface area (Å²) in [5.74, 6) is -0.940. The van der Waals surface area contributed by atoms with Gasteiger partial charge in [-0.1, -0.05) is 12.1 Å². The minimum Gasteiger partial charge on any atom is -0.477 e. The maximum Gasteiger partial charge on any atom is 0.368 e. The van der Waals surface area contributed by atoms with Crippen LogP contribution in [0, 0.1) is 6.10 Å². The maximum absolute atomic E-state index is 11.1. The molecule has 0 fully saturated rings. The number of hydrogen-bond acceptors (Lipinski definition) is 4. The highest BCUT2D eigenvalue weighted by atomic mass is 32.1. The second kappa shape index (κ2) is 6.62. The number of nitrogens with zero attached hydrogens (tertiary/aromatic N) is 3. The lowest BCUT2D eigenvalue weighted by Crippen LogP contribution is -2.36. The molecule has 6 nitrogen and oxygen atoms in total. The number of benzene rings is 1. The second-order valence-corrected chi connectivity index (χ2v) is 6.57. The molecule has 7 heteroatoms. The summed E-state index contributed by atoms with van der Waals surface area (Å²) in [5, 5.41) is 23.2. The van der Waals surface area contributed by atoms with Gasteiger partial charge in [-0.2, -0.15) is 6.07 Å². The normalized spacial score (nSPS) is 11.0. The third-order valence-corrected chi connectivity index (χ3v) is 4.90. The number of rotatable bonds is 5. The van der Waals surface area contributed by atoms with Gasteiger partial charge in [0.2, 0.25) is 11.6 Å². The van der Waals surface area contributed by atoms with Gasteiger partial charge in [0.25, 0.3) is 0 Å². The predicted molar refractivity (Wildman–Crippen MR) is 96.1 cm³/mol. The largest absolute Gasteiger partial charge is 0.477 e. The van der Waals surface area contributed by atoms with E-state index in [9.17, 15) is 9.90 Å². The van der Waals surface area contributed by atoms with Crippen molar-refractivity contribution in [2.45, 2.75) is 6.54 Å². The zero-order valence-electron chi connectivity index (χ0n) is 13.5. The van der Waals surface area contributed by atoms with Crippen LogP contribution in [-0.2, 0) is 11.3 Å². The van der Waals surface area contributed by atoms with Crippen molar-refractivity contribution in [3.05, 3.63) is 77.7 Å². The molecule has 2 N–H and O–H groups in total. The van der Waals surface area contributed by atoms with Crippen molar-refractivity contribution >= 4 is 28.2 Å². The molecule has 0 saturated carbocycles. The summed E-state index contributed by atoms with van der Waals surface area (Å²) >= 11 is 1.42. The first-order chi connectivity index (χ1) is 12.6. The molecule has 0 bridgehead atoms. The molecule has 26 heavy (non-hydrogen) atoms. The molecule has 0 aliphatic heterocycles. The summed E-state index contributed by atoms with van der Waals surface area (Å²) in [4.78, 5) is 19.7. The number of pyridine rings is 1. The average Bonchev–Trinajstić information content (AvgIpc) is 3.28. The molecule has 0 unspecified atom stereocenters. The van der Waals surface area contributed by atoms with E-state index in [4.69, 9.17) is 5.11 Å². The van der Waals surface area contributed by atoms with Crippen LogP contribution in [0.4, 0.5) is 0 Å². The van der Waals surface area contributed by atoms with Gasteiger partial charge < -0.3 is 15.2 Å². The Bertz CT molecular complexity index is 1070. The van der Waals surface area contributed by atoms with Crippen LogP contribution in [0.5, 0.6) is 0 Å². The van der Waals surface area contributed by atoms with Crippen LogP contribution in [0.25, 0.3) is 21.5 Å². The molecular formula is C19H14N3O3S-. The molecule has 4 aromatic rings. The Morgan fingerprint density at radius 3 is 2.96 bits per heavy atom. The van der Waals surface area contributed by atoms with E-state index in [1.165, 1.54) is 11.3 Å². The maximum atomic E-state index is 11.1. The molecule has 130 valence electrons. The first-order valence-electron chi connectivity index (χ1n) is 7.86. The fourth-order valence-electron chi connectivity index (χ4n) is 2.85. The lowest BCUT2D eigenvalue weighted by Gasteiger charge is -2.15. The van der Waals surface area contributed by atoms with Crippen LogP contribution in [-0.4, -0.2) is 26.2 Å². The lowest BCUT2D eigenvalue weighted by atomic mass is 10.1. The Balaban J connectivity index is 1.74. The Morgan fingerprint density at radius 2 is 2.19 bits per heavy atom. The summed E-state index contributed by atoms with van der Waals surface area (Å²) in [6.07, 6.45) is 5.09. The van der Waals surface area contributed by atoms with Crippen LogP contribution in [0.3, 0.4) is 0 Å². The third-order valence-electron chi connectivity index (χ3n) is 4.00. The summed E-state index contributed by atoms with van der Waals surface area (Å²) in [6, 6.07) is 11.1. The van der Waals surface area contributed by atoms with Crippen molar-refractivity contribution in [3.8, 4) is 10.6 Å². The van der Waals surface area contributed by atoms with Gasteiger partial charge >= 0.3 is 5.97 Å². The molecule has 1 aromatic carbocycles. The number of thiazole rings is 1. The molecule has 4 rings (SSSR count). The smallest absolute Gasteiger partial charge is 0.368 e. The van der Waals surface area contributed by atoms with Gasteiger partial charge in [-0.25, -0.2) is 4.79 Å². The standard InChI is InChI=1S/C19H14N3O3S/c23-17(24)10-22-9-14(13-5-1-2-6-16(13)22)18(25)15-11-26-19(21-15)12-4-3-7-20-8-12/h1-9,11,25H,10H2,(H,23,24)/q-1. The van der Waals surface area contributed by atoms with Crippen LogP contribution in [0.2, 0.25) is 0 Å². The van der Waals surface area contributed by atoms with Crippen LogP contribution in [0.1, 0.15) is 11.3 Å². The van der Waals surface area contributed by atoms with Gasteiger partial charge in [-0.15, -0.1) is 29.1 Å². The Labute approximate surface area is 153 Å². The van der Waals surface area contributed by atoms with Crippen LogP contribution >= 0.6 is 11.3 Å². The van der Waals surface area contributed by atoms with Crippen molar-refractivity contribution in [2.24, 2.45) is 0 Å². The zero-order chi connectivity index (χ0) is 18.1. The minimum atomic E-state index is -0.940. The van der Waals surface area contributed by atoms with Crippen molar-refractivity contribution in [2.75, 3.05) is 0 Å². The summed E-state index contributed by atoms with van der Waals surface area (Å²) < 4.78 is 1.61. The van der Waals surface area contributed by atoms with Crippen LogP contribution in [0.15, 0.2) is 60.4 Å². The molecular weight excluding hydrogens is 350 g/mol. The van der Waals surface area contributed by atoms with E-state index >= 15 is 0 Å². The molecule has 0 aliphatic carbocycles. The number of para-hydroxylation sites is 1. The van der Waals surface area contributed by atoms with Crippen molar-refractivity contribution in [1.82, 2.24) is 9.97 Å². The minimum absolute atomic E-state index is 0.0247. The molecule has 0 spiro atoms. The van der Waals surface area contributed by atoms with E-state index in [2.05, 4.69) is 9.97 Å². The topological polar surface area (TPSA) is 87.2 Å². The number of aliphatic hydroxyl groups excluding tert-OH is 1. The van der Waals surface area contributed by atoms with E-state index in [1.54, 1.807) is 28.5 Å². The second-order valence-electron chi connectivity index (χ2n) is 5.71. The number of aliphatic carboxylic acids is 1. The molecule has 3 aromatic heterocycles. The molecule has 3 heterocycles. The Kier molecular flexibility index (Phi) is 4.16. The van der Waals surface area contributed by atoms with Crippen molar-refractivity contribution < 1.29 is 19.6 Å². The fraction of sp³-hybridized carbons (Fsp3) is 0.0526. The van der Waals surface area contributed by atoms with E-state index in [0.717, 1.165) is 21.5 Å². The number of carboxylic acid groups (broad SMARTS) is 1. The Morgan fingerprint density at radius 1 is 1.31 bits per heavy atom. The number of carbonyl (C=O) groups is 1. The number of fused-ring (bicyclic) bond motifs is 1. The first-order valence-corrected chi connectivity index (χ1v) is 8.73. The van der Waals surface area contributed by atoms with Gasteiger partial charge in [0.1, 0.15) is 5.38 Å². The lowest BCUT2D eigenvalue weighted by molar-refractivity contribution is -0.658. The predicted octanol–water partition coefficient (Wildman–Crippen LogP) is 2.75. The highest BCUT2D eigenvalue weighted by Gasteiger charge is 2.17. The SMILES string of the molecule is O=C(O)C[n+]1cc([C-](O)c2c[s+][c-](-c3cccnc3)n2)c2cccc[c-]21. The van der Waals surface area contributed by atoms with Crippen molar-refractivity contribution in [1.29, 1.82) is 0 Å². The van der Waals surface area contributed by atoms with Gasteiger partial charge in [-0.05, 0) is 17.9 Å². The highest BCUT2D eigenvalue weighted by Crippen LogP contribution is 2.31. The summed E-state index contributed by atoms with van der Waals surface area (Å²) in [7, 11) is 0. The monoisotopic (exact) mass is 364 g/mol. The molecule has 0 radical (unpaired) electrons. The van der Waals surface area contributed by atoms with Gasteiger partial charge in [0.15, 0.2) is 11.3 Å². The fourth-order valence-corrected chi connectivity index (χ4v) is 3.65. The summed E-state index contributed by atoms with van der Waals surface area (Å²) in [6.45, 7) is -0.175. The van der Waals surface area contributed by atoms with E-state index in [0.29, 0.717) is 11.3 Å². The number of carboxylic acids is 1. The molecule has 0 aliphatic rings. The molecule has 0 atom stereocenters. The molecule has 0 amide bonds. The number of aromatic nitrogens is 3. The first kappa shape index (κ1) is 16.3. The van der Waals surface area contributed by atoms with Gasteiger partial charge in [-0.3, -0.25) is 9.55 Å². The third kappa shape index (κ3) is 2.94. The highest BCUT2D eigenvalue weighted by molar-refractivity contribution is 7.13. The van der Waals surface area contributed by atoms with E-state index in [-0.39, 0.29) is 12.6 Å². The molecule has 0 saturated heterocycles. The van der Waals surface area contributed by atoms with Gasteiger partial charge in [0.05, 0.1) is 11.7 Å². The summed E-state index contributed by atoms with van der Waals surface area (Å²) in [5.41, 5.74) is 2.64.